The monoisotopic (exact) mass is 170 g/mol. The van der Waals surface area contributed by atoms with Crippen LogP contribution in [0.25, 0.3) is 0 Å². The molecule has 0 spiro atoms. The van der Waals surface area contributed by atoms with Gasteiger partial charge in [0, 0.05) is 0 Å². The second-order valence-corrected chi connectivity index (χ2v) is 4.48. The van der Waals surface area contributed by atoms with E-state index in [9.17, 15) is 0 Å². The van der Waals surface area contributed by atoms with Crippen molar-refractivity contribution in [3.05, 3.63) is 0 Å². The van der Waals surface area contributed by atoms with Crippen LogP contribution in [0.3, 0.4) is 0 Å². The van der Waals surface area contributed by atoms with Crippen molar-refractivity contribution in [3.8, 4) is 0 Å². The summed E-state index contributed by atoms with van der Waals surface area (Å²) in [5, 5.41) is 0. The van der Waals surface area contributed by atoms with E-state index in [1.807, 2.05) is 0 Å². The van der Waals surface area contributed by atoms with E-state index < -0.39 is 0 Å². The lowest BCUT2D eigenvalue weighted by atomic mass is 9.85. The van der Waals surface area contributed by atoms with Gasteiger partial charge in [0.15, 0.2) is 0 Å². The molecule has 0 aromatic heterocycles. The molecule has 74 valence electrons. The highest BCUT2D eigenvalue weighted by Crippen LogP contribution is 2.28. The molecule has 0 heterocycles. The smallest absolute Gasteiger partial charge is 0.0414 e. The Labute approximate surface area is 78.8 Å². The SMILES string of the molecule is C.CC(C)CCC1CCCCC1. The minimum Gasteiger partial charge on any atom is -0.0776 e. The predicted octanol–water partition coefficient (Wildman–Crippen LogP) is 4.64. The Morgan fingerprint density at radius 1 is 1.08 bits per heavy atom. The van der Waals surface area contributed by atoms with Crippen LogP contribution in [0, 0.1) is 11.8 Å². The van der Waals surface area contributed by atoms with Gasteiger partial charge in [-0.25, -0.2) is 0 Å². The standard InChI is InChI=1S/C11H22.CH4/c1-10(2)8-9-11-6-4-3-5-7-11;/h10-11H,3-9H2,1-2H3;1H4. The molecule has 0 nitrogen and oxygen atoms in total. The molecule has 12 heavy (non-hydrogen) atoms. The van der Waals surface area contributed by atoms with Gasteiger partial charge in [0.1, 0.15) is 0 Å². The lowest BCUT2D eigenvalue weighted by Gasteiger charge is -2.21. The first-order chi connectivity index (χ1) is 5.29. The van der Waals surface area contributed by atoms with E-state index in [-0.39, 0.29) is 7.43 Å². The second kappa shape index (κ2) is 6.51. The summed E-state index contributed by atoms with van der Waals surface area (Å²) in [7, 11) is 0. The Kier molecular flexibility index (Phi) is 6.51. The summed E-state index contributed by atoms with van der Waals surface area (Å²) in [6.45, 7) is 4.67. The highest BCUT2D eigenvalue weighted by molar-refractivity contribution is 4.66. The van der Waals surface area contributed by atoms with E-state index in [1.54, 1.807) is 0 Å². The molecule has 0 saturated heterocycles. The van der Waals surface area contributed by atoms with Gasteiger partial charge in [0.2, 0.25) is 0 Å². The topological polar surface area (TPSA) is 0 Å². The molecule has 0 amide bonds. The summed E-state index contributed by atoms with van der Waals surface area (Å²) in [4.78, 5) is 0. The molecule has 0 unspecified atom stereocenters. The first-order valence-electron chi connectivity index (χ1n) is 5.29. The van der Waals surface area contributed by atoms with Crippen molar-refractivity contribution >= 4 is 0 Å². The van der Waals surface area contributed by atoms with Crippen molar-refractivity contribution in [2.24, 2.45) is 11.8 Å². The maximum absolute atomic E-state index is 2.34. The molecule has 1 aliphatic rings. The first kappa shape index (κ1) is 12.0. The molecular formula is C12H26. The summed E-state index contributed by atoms with van der Waals surface area (Å²) in [6, 6.07) is 0. The van der Waals surface area contributed by atoms with Gasteiger partial charge in [-0.05, 0) is 11.8 Å². The average molecular weight is 170 g/mol. The van der Waals surface area contributed by atoms with Crippen molar-refractivity contribution in [1.82, 2.24) is 0 Å². The number of rotatable bonds is 3. The Balaban J connectivity index is 0.00000121. The molecule has 1 saturated carbocycles. The highest BCUT2D eigenvalue weighted by Gasteiger charge is 2.12. The van der Waals surface area contributed by atoms with Gasteiger partial charge < -0.3 is 0 Å². The van der Waals surface area contributed by atoms with E-state index in [4.69, 9.17) is 0 Å². The maximum Gasteiger partial charge on any atom is -0.0414 e. The molecule has 0 aliphatic heterocycles. The summed E-state index contributed by atoms with van der Waals surface area (Å²) >= 11 is 0. The second-order valence-electron chi connectivity index (χ2n) is 4.48. The molecule has 0 heteroatoms. The Morgan fingerprint density at radius 3 is 2.17 bits per heavy atom. The van der Waals surface area contributed by atoms with Gasteiger partial charge in [-0.1, -0.05) is 66.2 Å². The number of hydrogen-bond acceptors (Lipinski definition) is 0. The van der Waals surface area contributed by atoms with E-state index in [1.165, 1.54) is 44.9 Å². The Hall–Kier alpha value is 0. The fourth-order valence-corrected chi connectivity index (χ4v) is 2.04. The highest BCUT2D eigenvalue weighted by atomic mass is 14.2. The van der Waals surface area contributed by atoms with Gasteiger partial charge in [-0.15, -0.1) is 0 Å². The first-order valence-corrected chi connectivity index (χ1v) is 5.29. The molecule has 0 radical (unpaired) electrons. The molecule has 0 atom stereocenters. The van der Waals surface area contributed by atoms with Crippen LogP contribution in [0.1, 0.15) is 66.2 Å². The van der Waals surface area contributed by atoms with Crippen LogP contribution in [-0.2, 0) is 0 Å². The van der Waals surface area contributed by atoms with Crippen LogP contribution in [-0.4, -0.2) is 0 Å². The van der Waals surface area contributed by atoms with Gasteiger partial charge in [-0.2, -0.15) is 0 Å². The van der Waals surface area contributed by atoms with Crippen LogP contribution in [0.5, 0.6) is 0 Å². The van der Waals surface area contributed by atoms with Gasteiger partial charge >= 0.3 is 0 Å². The summed E-state index contributed by atoms with van der Waals surface area (Å²) in [5.41, 5.74) is 0. The summed E-state index contributed by atoms with van der Waals surface area (Å²) in [5.74, 6) is 2.00. The third kappa shape index (κ3) is 4.79. The normalized spacial score (nSPS) is 19.2. The van der Waals surface area contributed by atoms with E-state index in [0.717, 1.165) is 11.8 Å². The van der Waals surface area contributed by atoms with Crippen molar-refractivity contribution in [2.45, 2.75) is 66.2 Å². The minimum atomic E-state index is 0. The predicted molar refractivity (Wildman–Crippen MR) is 57.4 cm³/mol. The zero-order valence-electron chi connectivity index (χ0n) is 8.10. The maximum atomic E-state index is 2.34. The van der Waals surface area contributed by atoms with Gasteiger partial charge in [0.05, 0.1) is 0 Å². The lowest BCUT2D eigenvalue weighted by molar-refractivity contribution is 0.317. The quantitative estimate of drug-likeness (QED) is 0.579. The molecule has 1 aliphatic carbocycles. The molecule has 1 rings (SSSR count). The third-order valence-corrected chi connectivity index (χ3v) is 2.88. The Bertz CT molecular complexity index is 88.2. The van der Waals surface area contributed by atoms with Crippen LogP contribution in [0.4, 0.5) is 0 Å². The molecule has 1 fully saturated rings. The van der Waals surface area contributed by atoms with Crippen molar-refractivity contribution in [2.75, 3.05) is 0 Å². The van der Waals surface area contributed by atoms with Crippen LogP contribution < -0.4 is 0 Å². The van der Waals surface area contributed by atoms with E-state index in [0.29, 0.717) is 0 Å². The van der Waals surface area contributed by atoms with Crippen molar-refractivity contribution < 1.29 is 0 Å². The average Bonchev–Trinajstić information content (AvgIpc) is 2.03. The molecule has 0 N–H and O–H groups in total. The molecule has 0 aromatic rings. The summed E-state index contributed by atoms with van der Waals surface area (Å²) in [6.07, 6.45) is 10.5. The molecular weight excluding hydrogens is 144 g/mol. The van der Waals surface area contributed by atoms with Crippen molar-refractivity contribution in [1.29, 1.82) is 0 Å². The van der Waals surface area contributed by atoms with E-state index in [2.05, 4.69) is 13.8 Å². The zero-order valence-corrected chi connectivity index (χ0v) is 8.10. The lowest BCUT2D eigenvalue weighted by Crippen LogP contribution is -2.06. The summed E-state index contributed by atoms with van der Waals surface area (Å²) < 4.78 is 0. The molecule has 0 bridgehead atoms. The number of hydrogen-bond donors (Lipinski definition) is 0. The van der Waals surface area contributed by atoms with E-state index >= 15 is 0 Å². The van der Waals surface area contributed by atoms with Crippen LogP contribution in [0.15, 0.2) is 0 Å². The Morgan fingerprint density at radius 2 is 1.67 bits per heavy atom. The third-order valence-electron chi connectivity index (χ3n) is 2.88. The van der Waals surface area contributed by atoms with Crippen LogP contribution in [0.2, 0.25) is 0 Å². The largest absolute Gasteiger partial charge is 0.0776 e. The molecule has 0 aromatic carbocycles. The van der Waals surface area contributed by atoms with Crippen LogP contribution >= 0.6 is 0 Å². The van der Waals surface area contributed by atoms with Gasteiger partial charge in [-0.3, -0.25) is 0 Å². The fraction of sp³-hybridized carbons (Fsp3) is 1.00. The van der Waals surface area contributed by atoms with Crippen molar-refractivity contribution in [3.63, 3.8) is 0 Å². The fourth-order valence-electron chi connectivity index (χ4n) is 2.04. The van der Waals surface area contributed by atoms with Gasteiger partial charge in [0.25, 0.3) is 0 Å². The zero-order chi connectivity index (χ0) is 8.10. The minimum absolute atomic E-state index is 0.